The third-order valence-electron chi connectivity index (χ3n) is 3.55. The summed E-state index contributed by atoms with van der Waals surface area (Å²) < 4.78 is 12.8. The minimum atomic E-state index is -0.281. The van der Waals surface area contributed by atoms with Crippen LogP contribution in [0.15, 0.2) is 48.8 Å². The van der Waals surface area contributed by atoms with E-state index in [4.69, 9.17) is 0 Å². The Hall–Kier alpha value is -2.76. The standard InChI is InChI=1S/C18H20FN3O2/c1-14(23)22(12-16-6-9-20-10-7-16)13-18(24)21-11-8-15-2-4-17(19)5-3-15/h2-7,9-10H,8,11-13H2,1H3,(H,21,24). The zero-order valence-corrected chi connectivity index (χ0v) is 13.5. The Morgan fingerprint density at radius 3 is 2.38 bits per heavy atom. The van der Waals surface area contributed by atoms with Crippen LogP contribution in [0.25, 0.3) is 0 Å². The quantitative estimate of drug-likeness (QED) is 0.844. The van der Waals surface area contributed by atoms with Crippen molar-refractivity contribution in [2.24, 2.45) is 0 Å². The number of carbonyl (C=O) groups is 2. The first-order valence-corrected chi connectivity index (χ1v) is 7.70. The molecule has 0 unspecified atom stereocenters. The van der Waals surface area contributed by atoms with Gasteiger partial charge in [0.1, 0.15) is 5.82 Å². The van der Waals surface area contributed by atoms with Crippen LogP contribution in [0.1, 0.15) is 18.1 Å². The summed E-state index contributed by atoms with van der Waals surface area (Å²) in [6, 6.07) is 9.77. The van der Waals surface area contributed by atoms with E-state index in [2.05, 4.69) is 10.3 Å². The molecule has 0 saturated heterocycles. The Balaban J connectivity index is 1.80. The number of hydrogen-bond donors (Lipinski definition) is 1. The van der Waals surface area contributed by atoms with Gasteiger partial charge >= 0.3 is 0 Å². The van der Waals surface area contributed by atoms with Gasteiger partial charge in [-0.25, -0.2) is 4.39 Å². The van der Waals surface area contributed by atoms with Crippen molar-refractivity contribution in [3.05, 3.63) is 65.7 Å². The molecule has 1 N–H and O–H groups in total. The summed E-state index contributed by atoms with van der Waals surface area (Å²) in [4.78, 5) is 29.1. The second-order valence-electron chi connectivity index (χ2n) is 5.46. The molecule has 0 atom stereocenters. The highest BCUT2D eigenvalue weighted by Gasteiger charge is 2.13. The van der Waals surface area contributed by atoms with E-state index in [0.717, 1.165) is 11.1 Å². The molecule has 2 amide bonds. The van der Waals surface area contributed by atoms with E-state index < -0.39 is 0 Å². The summed E-state index contributed by atoms with van der Waals surface area (Å²) in [5.41, 5.74) is 1.86. The zero-order valence-electron chi connectivity index (χ0n) is 13.5. The molecule has 5 nitrogen and oxygen atoms in total. The maximum atomic E-state index is 12.8. The fourth-order valence-electron chi connectivity index (χ4n) is 2.21. The predicted molar refractivity (Wildman–Crippen MR) is 88.4 cm³/mol. The molecule has 0 saturated carbocycles. The first-order valence-electron chi connectivity index (χ1n) is 7.70. The van der Waals surface area contributed by atoms with Crippen molar-refractivity contribution in [2.75, 3.05) is 13.1 Å². The van der Waals surface area contributed by atoms with Crippen LogP contribution in [0.3, 0.4) is 0 Å². The first kappa shape index (κ1) is 17.6. The van der Waals surface area contributed by atoms with E-state index >= 15 is 0 Å². The van der Waals surface area contributed by atoms with Crippen molar-refractivity contribution in [3.8, 4) is 0 Å². The molecular weight excluding hydrogens is 309 g/mol. The summed E-state index contributed by atoms with van der Waals surface area (Å²) in [6.07, 6.45) is 3.91. The molecule has 0 aliphatic carbocycles. The van der Waals surface area contributed by atoms with E-state index in [-0.39, 0.29) is 24.2 Å². The van der Waals surface area contributed by atoms with Gasteiger partial charge in [0.05, 0.1) is 6.54 Å². The van der Waals surface area contributed by atoms with Crippen LogP contribution in [0.2, 0.25) is 0 Å². The fourth-order valence-corrected chi connectivity index (χ4v) is 2.21. The summed E-state index contributed by atoms with van der Waals surface area (Å²) in [7, 11) is 0. The van der Waals surface area contributed by atoms with Gasteiger partial charge in [0.15, 0.2) is 0 Å². The highest BCUT2D eigenvalue weighted by molar-refractivity contribution is 5.83. The van der Waals surface area contributed by atoms with Crippen LogP contribution < -0.4 is 5.32 Å². The lowest BCUT2D eigenvalue weighted by Crippen LogP contribution is -2.39. The maximum absolute atomic E-state index is 12.8. The van der Waals surface area contributed by atoms with Crippen molar-refractivity contribution >= 4 is 11.8 Å². The van der Waals surface area contributed by atoms with Crippen LogP contribution >= 0.6 is 0 Å². The molecule has 1 aromatic carbocycles. The van der Waals surface area contributed by atoms with Gasteiger partial charge in [-0.3, -0.25) is 14.6 Å². The Morgan fingerprint density at radius 2 is 1.75 bits per heavy atom. The Labute approximate surface area is 140 Å². The lowest BCUT2D eigenvalue weighted by Gasteiger charge is -2.20. The Morgan fingerprint density at radius 1 is 1.08 bits per heavy atom. The summed E-state index contributed by atoms with van der Waals surface area (Å²) >= 11 is 0. The van der Waals surface area contributed by atoms with E-state index in [9.17, 15) is 14.0 Å². The molecule has 0 aliphatic heterocycles. The monoisotopic (exact) mass is 329 g/mol. The van der Waals surface area contributed by atoms with Gasteiger partial charge in [0, 0.05) is 32.4 Å². The second-order valence-corrected chi connectivity index (χ2v) is 5.46. The number of pyridine rings is 1. The van der Waals surface area contributed by atoms with Crippen molar-refractivity contribution in [1.29, 1.82) is 0 Å². The highest BCUT2D eigenvalue weighted by Crippen LogP contribution is 2.04. The topological polar surface area (TPSA) is 62.3 Å². The number of carbonyl (C=O) groups excluding carboxylic acids is 2. The SMILES string of the molecule is CC(=O)N(CC(=O)NCCc1ccc(F)cc1)Cc1ccncc1. The lowest BCUT2D eigenvalue weighted by molar-refractivity contribution is -0.134. The largest absolute Gasteiger partial charge is 0.354 e. The van der Waals surface area contributed by atoms with Crippen LogP contribution in [0, 0.1) is 5.82 Å². The highest BCUT2D eigenvalue weighted by atomic mass is 19.1. The Kier molecular flexibility index (Phi) is 6.42. The van der Waals surface area contributed by atoms with Gasteiger partial charge in [0.2, 0.25) is 11.8 Å². The number of amides is 2. The minimum absolute atomic E-state index is 0.00107. The van der Waals surface area contributed by atoms with Gasteiger partial charge in [-0.1, -0.05) is 12.1 Å². The zero-order chi connectivity index (χ0) is 17.4. The van der Waals surface area contributed by atoms with E-state index in [1.807, 2.05) is 12.1 Å². The fraction of sp³-hybridized carbons (Fsp3) is 0.278. The molecule has 2 rings (SSSR count). The van der Waals surface area contributed by atoms with Gasteiger partial charge in [-0.15, -0.1) is 0 Å². The van der Waals surface area contributed by atoms with Crippen LogP contribution in [-0.2, 0) is 22.6 Å². The number of nitrogens with one attached hydrogen (secondary N) is 1. The molecule has 0 aliphatic rings. The molecule has 126 valence electrons. The minimum Gasteiger partial charge on any atom is -0.354 e. The molecule has 0 spiro atoms. The van der Waals surface area contributed by atoms with E-state index in [1.165, 1.54) is 24.0 Å². The molecule has 24 heavy (non-hydrogen) atoms. The molecule has 1 aromatic heterocycles. The smallest absolute Gasteiger partial charge is 0.239 e. The average molecular weight is 329 g/mol. The number of nitrogens with zero attached hydrogens (tertiary/aromatic N) is 2. The number of halogens is 1. The molecule has 0 fully saturated rings. The van der Waals surface area contributed by atoms with E-state index in [1.54, 1.807) is 24.5 Å². The molecular formula is C18H20FN3O2. The van der Waals surface area contributed by atoms with Gasteiger partial charge < -0.3 is 10.2 Å². The summed E-state index contributed by atoms with van der Waals surface area (Å²) in [5.74, 6) is -0.669. The molecule has 6 heteroatoms. The normalized spacial score (nSPS) is 10.2. The van der Waals surface area contributed by atoms with Crippen molar-refractivity contribution in [3.63, 3.8) is 0 Å². The van der Waals surface area contributed by atoms with Gasteiger partial charge in [-0.05, 0) is 41.8 Å². The maximum Gasteiger partial charge on any atom is 0.239 e. The van der Waals surface area contributed by atoms with Crippen molar-refractivity contribution in [2.45, 2.75) is 19.9 Å². The average Bonchev–Trinajstić information content (AvgIpc) is 2.57. The molecule has 1 heterocycles. The van der Waals surface area contributed by atoms with Crippen LogP contribution in [0.5, 0.6) is 0 Å². The van der Waals surface area contributed by atoms with Crippen LogP contribution in [0.4, 0.5) is 4.39 Å². The second kappa shape index (κ2) is 8.76. The van der Waals surface area contributed by atoms with Crippen molar-refractivity contribution in [1.82, 2.24) is 15.2 Å². The van der Waals surface area contributed by atoms with E-state index in [0.29, 0.717) is 19.5 Å². The summed E-state index contributed by atoms with van der Waals surface area (Å²) in [5, 5.41) is 2.78. The van der Waals surface area contributed by atoms with Crippen LogP contribution in [-0.4, -0.2) is 34.8 Å². The lowest BCUT2D eigenvalue weighted by atomic mass is 10.1. The summed E-state index contributed by atoms with van der Waals surface area (Å²) in [6.45, 7) is 2.24. The number of rotatable bonds is 7. The van der Waals surface area contributed by atoms with Gasteiger partial charge in [0.25, 0.3) is 0 Å². The third-order valence-corrected chi connectivity index (χ3v) is 3.55. The predicted octanol–water partition coefficient (Wildman–Crippen LogP) is 1.93. The Bertz CT molecular complexity index is 674. The van der Waals surface area contributed by atoms with Gasteiger partial charge in [-0.2, -0.15) is 0 Å². The molecule has 2 aromatic rings. The molecule has 0 bridgehead atoms. The first-order chi connectivity index (χ1) is 11.5. The number of benzene rings is 1. The third kappa shape index (κ3) is 5.79. The number of aromatic nitrogens is 1. The van der Waals surface area contributed by atoms with Crippen molar-refractivity contribution < 1.29 is 14.0 Å². The number of hydrogen-bond acceptors (Lipinski definition) is 3. The molecule has 0 radical (unpaired) electrons.